The number of carboxylic acid groups (broad SMARTS) is 1. The number of amides is 2. The molecule has 39 heavy (non-hydrogen) atoms. The Hall–Kier alpha value is -3.83. The van der Waals surface area contributed by atoms with Gasteiger partial charge >= 0.3 is 5.97 Å². The molecule has 2 N–H and O–H groups in total. The summed E-state index contributed by atoms with van der Waals surface area (Å²) in [6, 6.07) is 11.3. The van der Waals surface area contributed by atoms with Crippen LogP contribution in [0.5, 0.6) is 5.88 Å². The quantitative estimate of drug-likeness (QED) is 0.416. The number of carbonyl (C=O) groups excluding carboxylic acids is 2. The third-order valence-corrected chi connectivity index (χ3v) is 8.18. The first-order valence-corrected chi connectivity index (χ1v) is 13.8. The number of carbonyl (C=O) groups is 3. The van der Waals surface area contributed by atoms with Crippen molar-refractivity contribution >= 4 is 29.1 Å². The van der Waals surface area contributed by atoms with Gasteiger partial charge in [0.1, 0.15) is 5.01 Å². The van der Waals surface area contributed by atoms with Crippen LogP contribution in [0.15, 0.2) is 48.0 Å². The summed E-state index contributed by atoms with van der Waals surface area (Å²) in [6.07, 6.45) is 2.24. The molecule has 1 aliphatic heterocycles. The molecule has 0 spiro atoms. The molecule has 204 valence electrons. The molecule has 1 aliphatic carbocycles. The molecule has 10 nitrogen and oxygen atoms in total. The van der Waals surface area contributed by atoms with E-state index >= 15 is 0 Å². The number of likely N-dealkylation sites (N-methyl/N-ethyl adjacent to an activating group) is 1. The number of thiazole rings is 1. The summed E-state index contributed by atoms with van der Waals surface area (Å²) in [4.78, 5) is 50.1. The first-order chi connectivity index (χ1) is 18.8. The second-order valence-corrected chi connectivity index (χ2v) is 11.1. The Balaban J connectivity index is 1.15. The number of benzene rings is 1. The molecule has 5 rings (SSSR count). The first kappa shape index (κ1) is 26.8. The zero-order valence-corrected chi connectivity index (χ0v) is 22.6. The summed E-state index contributed by atoms with van der Waals surface area (Å²) < 4.78 is 5.59. The molecule has 0 atom stereocenters. The van der Waals surface area contributed by atoms with E-state index in [9.17, 15) is 19.5 Å². The van der Waals surface area contributed by atoms with Gasteiger partial charge in [-0.2, -0.15) is 0 Å². The van der Waals surface area contributed by atoms with Crippen LogP contribution >= 0.6 is 11.3 Å². The van der Waals surface area contributed by atoms with Gasteiger partial charge in [0.2, 0.25) is 11.8 Å². The number of hydrogen-bond donors (Lipinski definition) is 2. The van der Waals surface area contributed by atoms with Gasteiger partial charge in [0.25, 0.3) is 5.91 Å². The fourth-order valence-electron chi connectivity index (χ4n) is 5.12. The van der Waals surface area contributed by atoms with E-state index in [-0.39, 0.29) is 31.4 Å². The molecule has 2 aliphatic rings. The minimum Gasteiger partial charge on any atom is -0.481 e. The molecule has 1 saturated heterocycles. The van der Waals surface area contributed by atoms with Gasteiger partial charge in [-0.05, 0) is 37.1 Å². The average molecular weight is 550 g/mol. The van der Waals surface area contributed by atoms with E-state index in [0.717, 1.165) is 29.8 Å². The summed E-state index contributed by atoms with van der Waals surface area (Å²) in [6.45, 7) is 3.28. The van der Waals surface area contributed by atoms with Crippen LogP contribution in [0.25, 0.3) is 11.3 Å². The van der Waals surface area contributed by atoms with E-state index in [0.29, 0.717) is 42.5 Å². The SMILES string of the molecule is CN1CCN(C(=O)COc2ccc(-c3csc(CNC(=O)C4(CC(=O)O)Cc5ccccc5C4)n3)cn2)CC1. The number of hydrogen-bond acceptors (Lipinski definition) is 8. The third-order valence-electron chi connectivity index (χ3n) is 7.33. The number of nitrogens with one attached hydrogen (secondary N) is 1. The maximum Gasteiger partial charge on any atom is 0.304 e. The van der Waals surface area contributed by atoms with Crippen LogP contribution in [0.3, 0.4) is 0 Å². The molecule has 0 saturated carbocycles. The van der Waals surface area contributed by atoms with Crippen LogP contribution in [0.2, 0.25) is 0 Å². The van der Waals surface area contributed by atoms with Crippen molar-refractivity contribution in [2.24, 2.45) is 5.41 Å². The maximum absolute atomic E-state index is 13.2. The highest BCUT2D eigenvalue weighted by Crippen LogP contribution is 2.40. The minimum atomic E-state index is -0.999. The lowest BCUT2D eigenvalue weighted by molar-refractivity contribution is -0.145. The number of ether oxygens (including phenoxy) is 1. The standard InChI is InChI=1S/C28H31N5O5S/c1-32-8-10-33(11-9-32)25(34)17-38-23-7-6-21(15-29-23)22-18-39-24(31-22)16-30-27(37)28(14-26(35)36)12-19-4-2-3-5-20(19)13-28/h2-7,15,18H,8-14,16-17H2,1H3,(H,30,37)(H,35,36). The predicted octanol–water partition coefficient (Wildman–Crippen LogP) is 2.23. The lowest BCUT2D eigenvalue weighted by Crippen LogP contribution is -2.48. The number of rotatable bonds is 9. The number of piperazine rings is 1. The molecule has 3 aromatic rings. The van der Waals surface area contributed by atoms with Crippen molar-refractivity contribution in [2.45, 2.75) is 25.8 Å². The lowest BCUT2D eigenvalue weighted by Gasteiger charge is -2.32. The smallest absolute Gasteiger partial charge is 0.304 e. The van der Waals surface area contributed by atoms with Gasteiger partial charge < -0.3 is 25.0 Å². The van der Waals surface area contributed by atoms with E-state index in [1.54, 1.807) is 17.2 Å². The van der Waals surface area contributed by atoms with Gasteiger partial charge in [-0.25, -0.2) is 9.97 Å². The number of pyridine rings is 1. The summed E-state index contributed by atoms with van der Waals surface area (Å²) in [7, 11) is 2.04. The Bertz CT molecular complexity index is 1330. The van der Waals surface area contributed by atoms with Crippen molar-refractivity contribution in [3.63, 3.8) is 0 Å². The van der Waals surface area contributed by atoms with Crippen LogP contribution in [0, 0.1) is 5.41 Å². The van der Waals surface area contributed by atoms with E-state index in [2.05, 4.69) is 20.2 Å². The van der Waals surface area contributed by atoms with Gasteiger partial charge in [0, 0.05) is 49.4 Å². The van der Waals surface area contributed by atoms with Gasteiger partial charge in [0.15, 0.2) is 6.61 Å². The Kier molecular flexibility index (Phi) is 7.89. The molecule has 2 aromatic heterocycles. The van der Waals surface area contributed by atoms with Gasteiger partial charge in [-0.3, -0.25) is 14.4 Å². The number of aromatic nitrogens is 2. The molecule has 1 aromatic carbocycles. The third kappa shape index (κ3) is 6.26. The molecule has 3 heterocycles. The first-order valence-electron chi connectivity index (χ1n) is 12.9. The lowest BCUT2D eigenvalue weighted by atomic mass is 9.80. The van der Waals surface area contributed by atoms with E-state index in [1.807, 2.05) is 42.8 Å². The van der Waals surface area contributed by atoms with Crippen molar-refractivity contribution in [1.82, 2.24) is 25.1 Å². The van der Waals surface area contributed by atoms with Gasteiger partial charge in [0.05, 0.1) is 24.1 Å². The Morgan fingerprint density at radius 1 is 1.08 bits per heavy atom. The highest BCUT2D eigenvalue weighted by atomic mass is 32.1. The highest BCUT2D eigenvalue weighted by molar-refractivity contribution is 7.09. The molecular formula is C28H31N5O5S. The van der Waals surface area contributed by atoms with Gasteiger partial charge in [-0.1, -0.05) is 24.3 Å². The fourth-order valence-corrected chi connectivity index (χ4v) is 5.86. The largest absolute Gasteiger partial charge is 0.481 e. The number of fused-ring (bicyclic) bond motifs is 1. The zero-order valence-electron chi connectivity index (χ0n) is 21.8. The van der Waals surface area contributed by atoms with E-state index < -0.39 is 11.4 Å². The van der Waals surface area contributed by atoms with Crippen molar-refractivity contribution in [1.29, 1.82) is 0 Å². The van der Waals surface area contributed by atoms with Crippen LogP contribution < -0.4 is 10.1 Å². The van der Waals surface area contributed by atoms with Crippen molar-refractivity contribution in [2.75, 3.05) is 39.8 Å². The molecular weight excluding hydrogens is 518 g/mol. The van der Waals surface area contributed by atoms with Crippen molar-refractivity contribution < 1.29 is 24.2 Å². The molecule has 1 fully saturated rings. The second-order valence-electron chi connectivity index (χ2n) is 10.1. The Morgan fingerprint density at radius 3 is 2.44 bits per heavy atom. The number of nitrogens with zero attached hydrogens (tertiary/aromatic N) is 4. The maximum atomic E-state index is 13.2. The number of carboxylic acids is 1. The predicted molar refractivity (Wildman–Crippen MR) is 145 cm³/mol. The molecule has 11 heteroatoms. The summed E-state index contributed by atoms with van der Waals surface area (Å²) in [5, 5.41) is 15.0. The van der Waals surface area contributed by atoms with Crippen molar-refractivity contribution in [3.05, 3.63) is 64.1 Å². The monoisotopic (exact) mass is 549 g/mol. The summed E-state index contributed by atoms with van der Waals surface area (Å²) in [5.41, 5.74) is 2.55. The Labute approximate surface area is 230 Å². The normalized spacial score (nSPS) is 16.5. The van der Waals surface area contributed by atoms with Crippen molar-refractivity contribution in [3.8, 4) is 17.1 Å². The zero-order chi connectivity index (χ0) is 27.4. The number of aliphatic carboxylic acids is 1. The molecule has 0 unspecified atom stereocenters. The minimum absolute atomic E-state index is 0.0493. The fraction of sp³-hybridized carbons (Fsp3) is 0.393. The van der Waals surface area contributed by atoms with Crippen LogP contribution in [-0.2, 0) is 33.8 Å². The van der Waals surface area contributed by atoms with E-state index in [4.69, 9.17) is 4.74 Å². The average Bonchev–Trinajstić information content (AvgIpc) is 3.56. The van der Waals surface area contributed by atoms with Crippen LogP contribution in [0.4, 0.5) is 0 Å². The van der Waals surface area contributed by atoms with Crippen LogP contribution in [-0.4, -0.2) is 82.5 Å². The highest BCUT2D eigenvalue weighted by Gasteiger charge is 2.45. The van der Waals surface area contributed by atoms with Crippen LogP contribution in [0.1, 0.15) is 22.6 Å². The van der Waals surface area contributed by atoms with E-state index in [1.165, 1.54) is 11.3 Å². The molecule has 2 amide bonds. The van der Waals surface area contributed by atoms with Gasteiger partial charge in [-0.15, -0.1) is 11.3 Å². The second kappa shape index (κ2) is 11.5. The molecule has 0 radical (unpaired) electrons. The Morgan fingerprint density at radius 2 is 1.79 bits per heavy atom. The topological polar surface area (TPSA) is 125 Å². The summed E-state index contributed by atoms with van der Waals surface area (Å²) in [5.74, 6) is -0.942. The molecule has 0 bridgehead atoms. The summed E-state index contributed by atoms with van der Waals surface area (Å²) >= 11 is 1.41.